The summed E-state index contributed by atoms with van der Waals surface area (Å²) in [7, 11) is 1.63. The fourth-order valence-electron chi connectivity index (χ4n) is 3.53. The fourth-order valence-corrected chi connectivity index (χ4v) is 3.91. The zero-order valence-electron chi connectivity index (χ0n) is 16.0. The average molecular weight is 380 g/mol. The molecule has 1 fully saturated rings. The largest absolute Gasteiger partial charge is 0.497 e. The van der Waals surface area contributed by atoms with Gasteiger partial charge in [0.15, 0.2) is 0 Å². The van der Waals surface area contributed by atoms with Gasteiger partial charge < -0.3 is 14.4 Å². The SMILES string of the molecule is CCOC(=O)[C@@]1(Cc2cccc(OC)c2)CCCN(C(=O)CCSC)C1. The molecule has 5 nitrogen and oxygen atoms in total. The zero-order valence-corrected chi connectivity index (χ0v) is 16.8. The number of likely N-dealkylation sites (tertiary alicyclic amines) is 1. The summed E-state index contributed by atoms with van der Waals surface area (Å²) in [6.07, 6.45) is 4.60. The maximum absolute atomic E-state index is 12.9. The molecule has 1 amide bonds. The van der Waals surface area contributed by atoms with E-state index >= 15 is 0 Å². The van der Waals surface area contributed by atoms with Crippen molar-refractivity contribution in [1.29, 1.82) is 0 Å². The van der Waals surface area contributed by atoms with Crippen molar-refractivity contribution in [3.63, 3.8) is 0 Å². The summed E-state index contributed by atoms with van der Waals surface area (Å²) in [5, 5.41) is 0. The molecule has 0 spiro atoms. The topological polar surface area (TPSA) is 55.8 Å². The Morgan fingerprint density at radius 2 is 2.15 bits per heavy atom. The number of methoxy groups -OCH3 is 1. The summed E-state index contributed by atoms with van der Waals surface area (Å²) < 4.78 is 10.7. The predicted molar refractivity (Wildman–Crippen MR) is 105 cm³/mol. The second-order valence-corrected chi connectivity index (χ2v) is 7.68. The molecule has 1 atom stereocenters. The summed E-state index contributed by atoms with van der Waals surface area (Å²) in [5.74, 6) is 1.49. The van der Waals surface area contributed by atoms with E-state index in [9.17, 15) is 9.59 Å². The van der Waals surface area contributed by atoms with Crippen molar-refractivity contribution in [2.24, 2.45) is 5.41 Å². The lowest BCUT2D eigenvalue weighted by Crippen LogP contribution is -2.51. The van der Waals surface area contributed by atoms with E-state index in [2.05, 4.69) is 0 Å². The second-order valence-electron chi connectivity index (χ2n) is 6.69. The molecule has 0 N–H and O–H groups in total. The highest BCUT2D eigenvalue weighted by atomic mass is 32.2. The molecule has 1 aromatic rings. The highest BCUT2D eigenvalue weighted by Gasteiger charge is 2.44. The molecule has 0 bridgehead atoms. The molecule has 144 valence electrons. The number of carbonyl (C=O) groups is 2. The number of thioether (sulfide) groups is 1. The van der Waals surface area contributed by atoms with Crippen molar-refractivity contribution in [1.82, 2.24) is 4.90 Å². The Bertz CT molecular complexity index is 622. The summed E-state index contributed by atoms with van der Waals surface area (Å²) in [6.45, 7) is 3.31. The van der Waals surface area contributed by atoms with Crippen LogP contribution in [0.25, 0.3) is 0 Å². The lowest BCUT2D eigenvalue weighted by Gasteiger charge is -2.41. The monoisotopic (exact) mass is 379 g/mol. The first-order chi connectivity index (χ1) is 12.5. The smallest absolute Gasteiger partial charge is 0.314 e. The number of hydrogen-bond acceptors (Lipinski definition) is 5. The molecule has 0 radical (unpaired) electrons. The number of nitrogens with zero attached hydrogens (tertiary/aromatic N) is 1. The van der Waals surface area contributed by atoms with Crippen molar-refractivity contribution in [2.45, 2.75) is 32.6 Å². The van der Waals surface area contributed by atoms with Crippen LogP contribution >= 0.6 is 11.8 Å². The van der Waals surface area contributed by atoms with Crippen LogP contribution in [0.15, 0.2) is 24.3 Å². The molecule has 0 unspecified atom stereocenters. The molecular formula is C20H29NO4S. The minimum Gasteiger partial charge on any atom is -0.497 e. The first kappa shape index (κ1) is 20.6. The summed E-state index contributed by atoms with van der Waals surface area (Å²) in [6, 6.07) is 7.77. The summed E-state index contributed by atoms with van der Waals surface area (Å²) in [4.78, 5) is 27.2. The highest BCUT2D eigenvalue weighted by Crippen LogP contribution is 2.36. The lowest BCUT2D eigenvalue weighted by atomic mass is 9.75. The Balaban J connectivity index is 2.23. The third kappa shape index (κ3) is 5.16. The van der Waals surface area contributed by atoms with Gasteiger partial charge >= 0.3 is 5.97 Å². The van der Waals surface area contributed by atoms with Gasteiger partial charge in [0.2, 0.25) is 5.91 Å². The van der Waals surface area contributed by atoms with Gasteiger partial charge in [-0.3, -0.25) is 9.59 Å². The van der Waals surface area contributed by atoms with E-state index in [1.165, 1.54) is 0 Å². The molecule has 1 heterocycles. The van der Waals surface area contributed by atoms with Gasteiger partial charge in [0.1, 0.15) is 5.75 Å². The van der Waals surface area contributed by atoms with Crippen molar-refractivity contribution in [2.75, 3.05) is 38.8 Å². The molecule has 26 heavy (non-hydrogen) atoms. The fraction of sp³-hybridized carbons (Fsp3) is 0.600. The Morgan fingerprint density at radius 1 is 1.35 bits per heavy atom. The minimum absolute atomic E-state index is 0.123. The number of hydrogen-bond donors (Lipinski definition) is 0. The molecule has 0 aliphatic carbocycles. The van der Waals surface area contributed by atoms with Gasteiger partial charge in [-0.1, -0.05) is 12.1 Å². The standard InChI is InChI=1S/C20H29NO4S/c1-4-25-19(23)20(14-16-7-5-8-17(13-16)24-2)10-6-11-21(15-20)18(22)9-12-26-3/h5,7-8,13H,4,6,9-12,14-15H2,1-3H3/t20-/m1/s1. The molecule has 0 aromatic heterocycles. The van der Waals surface area contributed by atoms with Crippen LogP contribution in [0.1, 0.15) is 31.7 Å². The lowest BCUT2D eigenvalue weighted by molar-refractivity contribution is -0.160. The van der Waals surface area contributed by atoms with Crippen LogP contribution in [-0.2, 0) is 20.7 Å². The van der Waals surface area contributed by atoms with Gasteiger partial charge in [0.05, 0.1) is 19.1 Å². The number of esters is 1. The van der Waals surface area contributed by atoms with Gasteiger partial charge in [0, 0.05) is 25.3 Å². The van der Waals surface area contributed by atoms with Gasteiger partial charge in [-0.15, -0.1) is 0 Å². The second kappa shape index (κ2) is 9.86. The van der Waals surface area contributed by atoms with Crippen molar-refractivity contribution >= 4 is 23.6 Å². The highest BCUT2D eigenvalue weighted by molar-refractivity contribution is 7.98. The van der Waals surface area contributed by atoms with Gasteiger partial charge in [-0.25, -0.2) is 0 Å². The van der Waals surface area contributed by atoms with Crippen LogP contribution < -0.4 is 4.74 Å². The Labute approximate surface area is 160 Å². The van der Waals surface area contributed by atoms with Crippen LogP contribution in [0.4, 0.5) is 0 Å². The van der Waals surface area contributed by atoms with Crippen molar-refractivity contribution < 1.29 is 19.1 Å². The maximum Gasteiger partial charge on any atom is 0.314 e. The Morgan fingerprint density at radius 3 is 2.85 bits per heavy atom. The van der Waals surface area contributed by atoms with Gasteiger partial charge in [0.25, 0.3) is 0 Å². The molecule has 1 aliphatic heterocycles. The quantitative estimate of drug-likeness (QED) is 0.650. The maximum atomic E-state index is 12.9. The van der Waals surface area contributed by atoms with E-state index < -0.39 is 5.41 Å². The van der Waals surface area contributed by atoms with Crippen LogP contribution in [-0.4, -0.2) is 55.6 Å². The van der Waals surface area contributed by atoms with E-state index in [0.29, 0.717) is 32.5 Å². The first-order valence-electron chi connectivity index (χ1n) is 9.11. The zero-order chi connectivity index (χ0) is 19.0. The molecule has 2 rings (SSSR count). The third-order valence-electron chi connectivity index (χ3n) is 4.83. The van der Waals surface area contributed by atoms with Gasteiger partial charge in [-0.05, 0) is 50.1 Å². The molecule has 1 saturated heterocycles. The van der Waals surface area contributed by atoms with E-state index in [1.54, 1.807) is 18.9 Å². The van der Waals surface area contributed by atoms with Crippen molar-refractivity contribution in [3.05, 3.63) is 29.8 Å². The molecular weight excluding hydrogens is 350 g/mol. The molecule has 1 aliphatic rings. The number of carbonyl (C=O) groups excluding carboxylic acids is 2. The average Bonchev–Trinajstić information content (AvgIpc) is 2.66. The summed E-state index contributed by atoms with van der Waals surface area (Å²) >= 11 is 1.66. The number of ether oxygens (including phenoxy) is 2. The number of piperidine rings is 1. The molecule has 1 aromatic carbocycles. The van der Waals surface area contributed by atoms with Crippen LogP contribution in [0.3, 0.4) is 0 Å². The van der Waals surface area contributed by atoms with Crippen molar-refractivity contribution in [3.8, 4) is 5.75 Å². The summed E-state index contributed by atoms with van der Waals surface area (Å²) in [5.41, 5.74) is 0.339. The number of amides is 1. The van der Waals surface area contributed by atoms with Crippen LogP contribution in [0.2, 0.25) is 0 Å². The third-order valence-corrected chi connectivity index (χ3v) is 5.45. The van der Waals surface area contributed by atoms with E-state index in [-0.39, 0.29) is 11.9 Å². The minimum atomic E-state index is -0.685. The van der Waals surface area contributed by atoms with E-state index in [0.717, 1.165) is 29.9 Å². The van der Waals surface area contributed by atoms with Crippen LogP contribution in [0, 0.1) is 5.41 Å². The normalized spacial score (nSPS) is 19.9. The molecule has 6 heteroatoms. The Kier molecular flexibility index (Phi) is 7.82. The first-order valence-corrected chi connectivity index (χ1v) is 10.5. The Hall–Kier alpha value is -1.69. The molecule has 0 saturated carbocycles. The van der Waals surface area contributed by atoms with E-state index in [1.807, 2.05) is 42.3 Å². The number of benzene rings is 1. The van der Waals surface area contributed by atoms with E-state index in [4.69, 9.17) is 9.47 Å². The number of rotatable bonds is 8. The predicted octanol–water partition coefficient (Wildman–Crippen LogP) is 3.16. The van der Waals surface area contributed by atoms with Crippen LogP contribution in [0.5, 0.6) is 5.75 Å². The van der Waals surface area contributed by atoms with Gasteiger partial charge in [-0.2, -0.15) is 11.8 Å².